The molecular weight excluding hydrogens is 152 g/mol. The van der Waals surface area contributed by atoms with E-state index in [1.165, 1.54) is 0 Å². The van der Waals surface area contributed by atoms with Gasteiger partial charge in [0.25, 0.3) is 0 Å². The van der Waals surface area contributed by atoms with E-state index < -0.39 is 0 Å². The molecule has 0 N–H and O–H groups in total. The van der Waals surface area contributed by atoms with E-state index in [0.29, 0.717) is 6.42 Å². The third-order valence-electron chi connectivity index (χ3n) is 2.81. The number of carbonyl (C=O) groups is 1. The quantitative estimate of drug-likeness (QED) is 0.530. The van der Waals surface area contributed by atoms with Gasteiger partial charge in [0.2, 0.25) is 5.91 Å². The lowest BCUT2D eigenvalue weighted by molar-refractivity contribution is -0.130. The number of hydrogen-bond donors (Lipinski definition) is 0. The number of amides is 1. The van der Waals surface area contributed by atoms with Crippen molar-refractivity contribution in [2.75, 3.05) is 27.2 Å². The highest BCUT2D eigenvalue weighted by atomic mass is 16.2. The van der Waals surface area contributed by atoms with Crippen LogP contribution in [0.2, 0.25) is 0 Å². The van der Waals surface area contributed by atoms with Gasteiger partial charge in [0.05, 0.1) is 0 Å². The van der Waals surface area contributed by atoms with Gasteiger partial charge in [-0.1, -0.05) is 0 Å². The Balaban J connectivity index is 2.75. The van der Waals surface area contributed by atoms with E-state index in [2.05, 4.69) is 25.8 Å². The van der Waals surface area contributed by atoms with Gasteiger partial charge in [-0.15, -0.1) is 0 Å². The summed E-state index contributed by atoms with van der Waals surface area (Å²) in [6.45, 7) is 6.04. The molecule has 1 amide bonds. The molecular formula is C9H18N2O. The first-order valence-electron chi connectivity index (χ1n) is 4.39. The number of hydrogen-bond acceptors (Lipinski definition) is 2. The zero-order valence-electron chi connectivity index (χ0n) is 8.42. The van der Waals surface area contributed by atoms with E-state index in [1.807, 2.05) is 11.9 Å². The molecule has 1 saturated heterocycles. The molecule has 1 aliphatic rings. The lowest BCUT2D eigenvalue weighted by Gasteiger charge is -2.32. The molecule has 0 unspecified atom stereocenters. The van der Waals surface area contributed by atoms with Crippen LogP contribution in [-0.4, -0.2) is 48.4 Å². The Kier molecular flexibility index (Phi) is 2.42. The van der Waals surface area contributed by atoms with Crippen molar-refractivity contribution in [2.45, 2.75) is 25.8 Å². The fourth-order valence-electron chi connectivity index (χ4n) is 1.37. The predicted molar refractivity (Wildman–Crippen MR) is 49.0 cm³/mol. The van der Waals surface area contributed by atoms with E-state index in [0.717, 1.165) is 13.1 Å². The highest BCUT2D eigenvalue weighted by Crippen LogP contribution is 2.20. The largest absolute Gasteiger partial charge is 0.344 e. The molecule has 0 spiro atoms. The zero-order valence-corrected chi connectivity index (χ0v) is 8.42. The van der Waals surface area contributed by atoms with Gasteiger partial charge >= 0.3 is 0 Å². The average molecular weight is 170 g/mol. The normalized spacial score (nSPS) is 25.7. The van der Waals surface area contributed by atoms with Gasteiger partial charge in [0.1, 0.15) is 0 Å². The molecule has 0 bridgehead atoms. The smallest absolute Gasteiger partial charge is 0.224 e. The van der Waals surface area contributed by atoms with Gasteiger partial charge in [-0.25, -0.2) is 0 Å². The van der Waals surface area contributed by atoms with Crippen LogP contribution in [0.15, 0.2) is 0 Å². The molecule has 1 fully saturated rings. The Morgan fingerprint density at radius 3 is 2.42 bits per heavy atom. The molecule has 0 atom stereocenters. The van der Waals surface area contributed by atoms with E-state index in [9.17, 15) is 4.79 Å². The molecule has 0 aromatic rings. The monoisotopic (exact) mass is 170 g/mol. The molecule has 1 heterocycles. The van der Waals surface area contributed by atoms with Crippen LogP contribution in [0, 0.1) is 0 Å². The summed E-state index contributed by atoms with van der Waals surface area (Å²) >= 11 is 0. The number of nitrogens with zero attached hydrogens (tertiary/aromatic N) is 2. The van der Waals surface area contributed by atoms with Gasteiger partial charge in [0.15, 0.2) is 0 Å². The molecule has 70 valence electrons. The molecule has 0 aliphatic carbocycles. The van der Waals surface area contributed by atoms with Crippen molar-refractivity contribution < 1.29 is 4.79 Å². The second-order valence-corrected chi connectivity index (χ2v) is 4.23. The van der Waals surface area contributed by atoms with Gasteiger partial charge in [0, 0.05) is 32.1 Å². The maximum absolute atomic E-state index is 11.5. The van der Waals surface area contributed by atoms with Crippen molar-refractivity contribution in [1.82, 2.24) is 9.80 Å². The lowest BCUT2D eigenvalue weighted by Crippen LogP contribution is -2.41. The Labute approximate surface area is 74.3 Å². The minimum atomic E-state index is 0.0157. The third-order valence-corrected chi connectivity index (χ3v) is 2.81. The highest BCUT2D eigenvalue weighted by Gasteiger charge is 2.31. The standard InChI is InChI=1S/C9H18N2O/c1-9(2)7-8(12)10(3)5-6-11(9)4/h5-7H2,1-4H3. The van der Waals surface area contributed by atoms with Crippen molar-refractivity contribution in [2.24, 2.45) is 0 Å². The summed E-state index contributed by atoms with van der Waals surface area (Å²) in [5.74, 6) is 0.254. The molecule has 0 aromatic carbocycles. The summed E-state index contributed by atoms with van der Waals surface area (Å²) in [6.07, 6.45) is 0.625. The molecule has 1 rings (SSSR count). The van der Waals surface area contributed by atoms with Crippen LogP contribution in [-0.2, 0) is 4.79 Å². The second kappa shape index (κ2) is 3.05. The molecule has 1 aliphatic heterocycles. The number of rotatable bonds is 0. The first-order valence-corrected chi connectivity index (χ1v) is 4.39. The van der Waals surface area contributed by atoms with Crippen LogP contribution in [0.25, 0.3) is 0 Å². The highest BCUT2D eigenvalue weighted by molar-refractivity contribution is 5.77. The van der Waals surface area contributed by atoms with Crippen LogP contribution in [0.1, 0.15) is 20.3 Å². The van der Waals surface area contributed by atoms with Crippen LogP contribution >= 0.6 is 0 Å². The molecule has 3 heteroatoms. The SMILES string of the molecule is CN1CCN(C)C(C)(C)CC1=O. The minimum absolute atomic E-state index is 0.0157. The topological polar surface area (TPSA) is 23.6 Å². The van der Waals surface area contributed by atoms with Crippen LogP contribution in [0.5, 0.6) is 0 Å². The van der Waals surface area contributed by atoms with E-state index in [1.54, 1.807) is 0 Å². The zero-order chi connectivity index (χ0) is 9.35. The van der Waals surface area contributed by atoms with Crippen LogP contribution in [0.4, 0.5) is 0 Å². The molecule has 3 nitrogen and oxygen atoms in total. The van der Waals surface area contributed by atoms with Crippen molar-refractivity contribution in [3.63, 3.8) is 0 Å². The molecule has 0 aromatic heterocycles. The van der Waals surface area contributed by atoms with Gasteiger partial charge in [-0.05, 0) is 20.9 Å². The van der Waals surface area contributed by atoms with Crippen molar-refractivity contribution in [1.29, 1.82) is 0 Å². The second-order valence-electron chi connectivity index (χ2n) is 4.23. The van der Waals surface area contributed by atoms with Gasteiger partial charge in [-0.2, -0.15) is 0 Å². The summed E-state index contributed by atoms with van der Waals surface area (Å²) < 4.78 is 0. The van der Waals surface area contributed by atoms with Crippen molar-refractivity contribution in [3.8, 4) is 0 Å². The van der Waals surface area contributed by atoms with Crippen molar-refractivity contribution in [3.05, 3.63) is 0 Å². The maximum atomic E-state index is 11.5. The molecule has 0 saturated carbocycles. The summed E-state index contributed by atoms with van der Waals surface area (Å²) in [4.78, 5) is 15.5. The first kappa shape index (κ1) is 9.52. The number of likely N-dealkylation sites (N-methyl/N-ethyl adjacent to an activating group) is 2. The summed E-state index contributed by atoms with van der Waals surface area (Å²) in [6, 6.07) is 0. The Bertz CT molecular complexity index is 189. The predicted octanol–water partition coefficient (Wildman–Crippen LogP) is 0.559. The molecule has 12 heavy (non-hydrogen) atoms. The first-order chi connectivity index (χ1) is 5.43. The molecule has 0 radical (unpaired) electrons. The summed E-state index contributed by atoms with van der Waals surface area (Å²) in [5, 5.41) is 0. The van der Waals surface area contributed by atoms with E-state index in [4.69, 9.17) is 0 Å². The van der Waals surface area contributed by atoms with Gasteiger partial charge in [-0.3, -0.25) is 9.69 Å². The summed E-state index contributed by atoms with van der Waals surface area (Å²) in [5.41, 5.74) is 0.0157. The van der Waals surface area contributed by atoms with Gasteiger partial charge < -0.3 is 4.90 Å². The van der Waals surface area contributed by atoms with Crippen LogP contribution in [0.3, 0.4) is 0 Å². The lowest BCUT2D eigenvalue weighted by atomic mass is 9.99. The Hall–Kier alpha value is -0.570. The minimum Gasteiger partial charge on any atom is -0.344 e. The Morgan fingerprint density at radius 2 is 1.83 bits per heavy atom. The Morgan fingerprint density at radius 1 is 1.25 bits per heavy atom. The third kappa shape index (κ3) is 1.78. The van der Waals surface area contributed by atoms with Crippen molar-refractivity contribution >= 4 is 5.91 Å². The summed E-state index contributed by atoms with van der Waals surface area (Å²) in [7, 11) is 3.95. The fourth-order valence-corrected chi connectivity index (χ4v) is 1.37. The van der Waals surface area contributed by atoms with E-state index in [-0.39, 0.29) is 11.4 Å². The number of carbonyl (C=O) groups excluding carboxylic acids is 1. The van der Waals surface area contributed by atoms with Crippen LogP contribution < -0.4 is 0 Å². The van der Waals surface area contributed by atoms with E-state index >= 15 is 0 Å². The average Bonchev–Trinajstić information content (AvgIpc) is 2.03. The fraction of sp³-hybridized carbons (Fsp3) is 0.889. The maximum Gasteiger partial charge on any atom is 0.224 e.